The normalized spacial score (nSPS) is 12.6. The molecule has 0 aliphatic carbocycles. The Balaban J connectivity index is 4.29. The van der Waals surface area contributed by atoms with Gasteiger partial charge in [0.1, 0.15) is 6.04 Å². The van der Waals surface area contributed by atoms with Crippen LogP contribution in [0, 0.1) is 0 Å². The Labute approximate surface area is 101 Å². The third-order valence-electron chi connectivity index (χ3n) is 1.85. The topological polar surface area (TPSA) is 137 Å². The van der Waals surface area contributed by atoms with Gasteiger partial charge in [0, 0.05) is 6.54 Å². The number of hydrogen-bond acceptors (Lipinski definition) is 3. The smallest absolute Gasteiger partial charge is 0.370 e. The molecular formula is C8H14F3N5O2. The molecule has 0 rings (SSSR count). The lowest BCUT2D eigenvalue weighted by Crippen LogP contribution is -2.49. The molecular weight excluding hydrogens is 255 g/mol. The van der Waals surface area contributed by atoms with Crippen LogP contribution in [0.3, 0.4) is 0 Å². The Morgan fingerprint density at radius 3 is 2.17 bits per heavy atom. The summed E-state index contributed by atoms with van der Waals surface area (Å²) in [5, 5.41) is 1.50. The van der Waals surface area contributed by atoms with Crippen molar-refractivity contribution in [3.63, 3.8) is 0 Å². The van der Waals surface area contributed by atoms with Crippen LogP contribution in [0.25, 0.3) is 0 Å². The van der Waals surface area contributed by atoms with E-state index in [1.54, 1.807) is 0 Å². The molecule has 0 aromatic carbocycles. The molecule has 104 valence electrons. The SMILES string of the molecule is NC(=O)[C@H](CCCN=C(N)N)NC(=O)C(F)(F)F. The quantitative estimate of drug-likeness (QED) is 0.267. The molecule has 0 aromatic rings. The van der Waals surface area contributed by atoms with E-state index in [4.69, 9.17) is 17.2 Å². The molecule has 0 unspecified atom stereocenters. The molecule has 0 aliphatic heterocycles. The van der Waals surface area contributed by atoms with Crippen LogP contribution in [-0.4, -0.2) is 36.5 Å². The highest BCUT2D eigenvalue weighted by molar-refractivity contribution is 5.88. The Morgan fingerprint density at radius 2 is 1.78 bits per heavy atom. The molecule has 0 saturated heterocycles. The average molecular weight is 269 g/mol. The predicted molar refractivity (Wildman–Crippen MR) is 57.1 cm³/mol. The zero-order valence-electron chi connectivity index (χ0n) is 9.33. The molecule has 0 aromatic heterocycles. The van der Waals surface area contributed by atoms with Crippen LogP contribution >= 0.6 is 0 Å². The number of hydrogen-bond donors (Lipinski definition) is 4. The van der Waals surface area contributed by atoms with Crippen LogP contribution in [0.5, 0.6) is 0 Å². The summed E-state index contributed by atoms with van der Waals surface area (Å²) in [6.07, 6.45) is -4.95. The maximum Gasteiger partial charge on any atom is 0.471 e. The summed E-state index contributed by atoms with van der Waals surface area (Å²) in [6, 6.07) is -1.41. The fourth-order valence-electron chi connectivity index (χ4n) is 1.03. The molecule has 1 atom stereocenters. The molecule has 0 heterocycles. The zero-order chi connectivity index (χ0) is 14.3. The summed E-state index contributed by atoms with van der Waals surface area (Å²) in [5.41, 5.74) is 14.9. The third kappa shape index (κ3) is 6.55. The first-order chi connectivity index (χ1) is 8.14. The van der Waals surface area contributed by atoms with Gasteiger partial charge in [0.2, 0.25) is 5.91 Å². The first-order valence-corrected chi connectivity index (χ1v) is 4.87. The summed E-state index contributed by atoms with van der Waals surface area (Å²) in [4.78, 5) is 25.0. The van der Waals surface area contributed by atoms with E-state index in [0.29, 0.717) is 0 Å². The Bertz CT molecular complexity index is 338. The van der Waals surface area contributed by atoms with E-state index in [1.807, 2.05) is 0 Å². The number of nitrogens with two attached hydrogens (primary N) is 3. The van der Waals surface area contributed by atoms with Gasteiger partial charge in [0.15, 0.2) is 5.96 Å². The van der Waals surface area contributed by atoms with Crippen LogP contribution in [-0.2, 0) is 9.59 Å². The number of rotatable bonds is 6. The molecule has 0 radical (unpaired) electrons. The van der Waals surface area contributed by atoms with Gasteiger partial charge in [-0.15, -0.1) is 0 Å². The maximum absolute atomic E-state index is 11.9. The number of carbonyl (C=O) groups is 2. The molecule has 0 saturated carbocycles. The Morgan fingerprint density at radius 1 is 1.22 bits per heavy atom. The fraction of sp³-hybridized carbons (Fsp3) is 0.625. The summed E-state index contributed by atoms with van der Waals surface area (Å²) in [6.45, 7) is 0.119. The molecule has 7 nitrogen and oxygen atoms in total. The van der Waals surface area contributed by atoms with Crippen molar-refractivity contribution in [1.29, 1.82) is 0 Å². The number of aliphatic imine (C=N–C) groups is 1. The first-order valence-electron chi connectivity index (χ1n) is 4.87. The summed E-state index contributed by atoms with van der Waals surface area (Å²) >= 11 is 0. The van der Waals surface area contributed by atoms with Crippen molar-refractivity contribution < 1.29 is 22.8 Å². The number of halogens is 3. The Kier molecular flexibility index (Phi) is 5.93. The standard InChI is InChI=1S/C8H14F3N5O2/c9-8(10,11)6(18)16-4(5(12)17)2-1-3-15-7(13)14/h4H,1-3H2,(H2,12,17)(H,16,18)(H4,13,14,15)/t4-/m0/s1. The molecule has 0 fully saturated rings. The van der Waals surface area contributed by atoms with Gasteiger partial charge in [0.25, 0.3) is 0 Å². The minimum Gasteiger partial charge on any atom is -0.370 e. The van der Waals surface area contributed by atoms with Crippen molar-refractivity contribution in [2.45, 2.75) is 25.1 Å². The van der Waals surface area contributed by atoms with E-state index in [9.17, 15) is 22.8 Å². The molecule has 7 N–H and O–H groups in total. The van der Waals surface area contributed by atoms with Crippen molar-refractivity contribution in [1.82, 2.24) is 5.32 Å². The van der Waals surface area contributed by atoms with Crippen molar-refractivity contribution >= 4 is 17.8 Å². The van der Waals surface area contributed by atoms with Crippen molar-refractivity contribution in [2.24, 2.45) is 22.2 Å². The lowest BCUT2D eigenvalue weighted by atomic mass is 10.1. The van der Waals surface area contributed by atoms with E-state index < -0.39 is 24.0 Å². The maximum atomic E-state index is 11.9. The molecule has 0 bridgehead atoms. The van der Waals surface area contributed by atoms with Crippen LogP contribution < -0.4 is 22.5 Å². The van der Waals surface area contributed by atoms with Crippen LogP contribution in [0.2, 0.25) is 0 Å². The van der Waals surface area contributed by atoms with Crippen molar-refractivity contribution in [3.05, 3.63) is 0 Å². The van der Waals surface area contributed by atoms with E-state index >= 15 is 0 Å². The second kappa shape index (κ2) is 6.67. The van der Waals surface area contributed by atoms with Gasteiger partial charge in [-0.2, -0.15) is 13.2 Å². The van der Waals surface area contributed by atoms with Gasteiger partial charge < -0.3 is 22.5 Å². The van der Waals surface area contributed by atoms with E-state index in [0.717, 1.165) is 0 Å². The predicted octanol–water partition coefficient (Wildman–Crippen LogP) is -1.43. The van der Waals surface area contributed by atoms with E-state index in [1.165, 1.54) is 5.32 Å². The van der Waals surface area contributed by atoms with Crippen molar-refractivity contribution in [3.8, 4) is 0 Å². The molecule has 2 amide bonds. The van der Waals surface area contributed by atoms with Crippen molar-refractivity contribution in [2.75, 3.05) is 6.54 Å². The fourth-order valence-corrected chi connectivity index (χ4v) is 1.03. The monoisotopic (exact) mass is 269 g/mol. The number of carbonyl (C=O) groups excluding carboxylic acids is 2. The van der Waals surface area contributed by atoms with Crippen LogP contribution in [0.4, 0.5) is 13.2 Å². The van der Waals surface area contributed by atoms with Gasteiger partial charge in [-0.25, -0.2) is 0 Å². The third-order valence-corrected chi connectivity index (χ3v) is 1.85. The van der Waals surface area contributed by atoms with Gasteiger partial charge in [-0.3, -0.25) is 14.6 Å². The lowest BCUT2D eigenvalue weighted by Gasteiger charge is -2.15. The van der Waals surface area contributed by atoms with Gasteiger partial charge in [0.05, 0.1) is 0 Å². The molecule has 0 spiro atoms. The number of nitrogens with one attached hydrogen (secondary N) is 1. The summed E-state index contributed by atoms with van der Waals surface area (Å²) < 4.78 is 35.8. The highest BCUT2D eigenvalue weighted by Crippen LogP contribution is 2.15. The van der Waals surface area contributed by atoms with Gasteiger partial charge in [-0.1, -0.05) is 0 Å². The van der Waals surface area contributed by atoms with E-state index in [2.05, 4.69) is 4.99 Å². The van der Waals surface area contributed by atoms with Gasteiger partial charge >= 0.3 is 12.1 Å². The molecule has 10 heteroatoms. The minimum absolute atomic E-state index is 0.0894. The molecule has 0 aliphatic rings. The van der Waals surface area contributed by atoms with Crippen LogP contribution in [0.1, 0.15) is 12.8 Å². The first kappa shape index (κ1) is 16.0. The second-order valence-corrected chi connectivity index (χ2v) is 3.37. The summed E-state index contributed by atoms with van der Waals surface area (Å²) in [7, 11) is 0. The number of amides is 2. The number of alkyl halides is 3. The largest absolute Gasteiger partial charge is 0.471 e. The lowest BCUT2D eigenvalue weighted by molar-refractivity contribution is -0.174. The number of primary amides is 1. The second-order valence-electron chi connectivity index (χ2n) is 3.37. The average Bonchev–Trinajstić information content (AvgIpc) is 2.19. The minimum atomic E-state index is -5.06. The highest BCUT2D eigenvalue weighted by Gasteiger charge is 2.40. The highest BCUT2D eigenvalue weighted by atomic mass is 19.4. The van der Waals surface area contributed by atoms with E-state index in [-0.39, 0.29) is 25.3 Å². The number of guanidine groups is 1. The number of nitrogens with zero attached hydrogens (tertiary/aromatic N) is 1. The van der Waals surface area contributed by atoms with Gasteiger partial charge in [-0.05, 0) is 12.8 Å². The molecule has 18 heavy (non-hydrogen) atoms. The Hall–Kier alpha value is -2.00. The summed E-state index contributed by atoms with van der Waals surface area (Å²) in [5.74, 6) is -3.45. The van der Waals surface area contributed by atoms with Crippen LogP contribution in [0.15, 0.2) is 4.99 Å². The zero-order valence-corrected chi connectivity index (χ0v) is 9.33.